The number of likely N-dealkylation sites (tertiary alicyclic amines) is 1. The molecule has 2 aromatic rings. The van der Waals surface area contributed by atoms with Crippen LogP contribution in [0.25, 0.3) is 11.1 Å². The molecule has 114 valence electrons. The molecule has 0 aromatic heterocycles. The summed E-state index contributed by atoms with van der Waals surface area (Å²) in [6.07, 6.45) is 2.18. The monoisotopic (exact) mass is 295 g/mol. The van der Waals surface area contributed by atoms with Crippen molar-refractivity contribution in [3.8, 4) is 11.1 Å². The third-order valence-corrected chi connectivity index (χ3v) is 4.37. The Balaban J connectivity index is 1.90. The second kappa shape index (κ2) is 6.32. The maximum atomic E-state index is 12.6. The molecule has 0 spiro atoms. The van der Waals surface area contributed by atoms with Gasteiger partial charge in [0, 0.05) is 18.2 Å². The standard InChI is InChI=1S/C19H21NO2/c1-14-5-4-10-20(14)19(22)18-9-3-8-17(12-18)16-7-2-6-15(11-16)13-21/h2-3,6-9,11-12,14,21H,4-5,10,13H2,1H3. The fraction of sp³-hybridized carbons (Fsp3) is 0.316. The topological polar surface area (TPSA) is 40.5 Å². The first-order chi connectivity index (χ1) is 10.7. The van der Waals surface area contributed by atoms with Gasteiger partial charge in [-0.2, -0.15) is 0 Å². The van der Waals surface area contributed by atoms with E-state index in [9.17, 15) is 9.90 Å². The summed E-state index contributed by atoms with van der Waals surface area (Å²) >= 11 is 0. The van der Waals surface area contributed by atoms with Gasteiger partial charge in [-0.1, -0.05) is 30.3 Å². The molecule has 0 aliphatic carbocycles. The van der Waals surface area contributed by atoms with Crippen LogP contribution in [-0.2, 0) is 6.61 Å². The number of aliphatic hydroxyl groups is 1. The minimum absolute atomic E-state index is 0.0255. The minimum Gasteiger partial charge on any atom is -0.392 e. The molecule has 1 aliphatic heterocycles. The van der Waals surface area contributed by atoms with Crippen molar-refractivity contribution in [2.75, 3.05) is 6.54 Å². The Morgan fingerprint density at radius 3 is 2.59 bits per heavy atom. The maximum Gasteiger partial charge on any atom is 0.254 e. The first-order valence-corrected chi connectivity index (χ1v) is 7.80. The summed E-state index contributed by atoms with van der Waals surface area (Å²) in [5.41, 5.74) is 3.65. The highest BCUT2D eigenvalue weighted by molar-refractivity contribution is 5.95. The average molecular weight is 295 g/mol. The van der Waals surface area contributed by atoms with E-state index >= 15 is 0 Å². The fourth-order valence-electron chi connectivity index (χ4n) is 3.08. The lowest BCUT2D eigenvalue weighted by atomic mass is 10.0. The van der Waals surface area contributed by atoms with Crippen LogP contribution < -0.4 is 0 Å². The second-order valence-electron chi connectivity index (χ2n) is 5.93. The van der Waals surface area contributed by atoms with Gasteiger partial charge < -0.3 is 10.0 Å². The maximum absolute atomic E-state index is 12.6. The molecule has 22 heavy (non-hydrogen) atoms. The molecule has 2 aromatic carbocycles. The zero-order chi connectivity index (χ0) is 15.5. The fourth-order valence-corrected chi connectivity index (χ4v) is 3.08. The molecule has 0 saturated carbocycles. The van der Waals surface area contributed by atoms with Crippen LogP contribution in [0, 0.1) is 0 Å². The van der Waals surface area contributed by atoms with E-state index in [4.69, 9.17) is 0 Å². The number of benzene rings is 2. The third kappa shape index (κ3) is 2.90. The smallest absolute Gasteiger partial charge is 0.254 e. The molecule has 3 rings (SSSR count). The van der Waals surface area contributed by atoms with E-state index in [1.807, 2.05) is 53.4 Å². The van der Waals surface area contributed by atoms with Crippen molar-refractivity contribution in [1.29, 1.82) is 0 Å². The molecule has 1 fully saturated rings. The Bertz CT molecular complexity index is 681. The molecular weight excluding hydrogens is 274 g/mol. The Kier molecular flexibility index (Phi) is 4.25. The van der Waals surface area contributed by atoms with Gasteiger partial charge in [-0.25, -0.2) is 0 Å². The van der Waals surface area contributed by atoms with Crippen molar-refractivity contribution in [2.45, 2.75) is 32.4 Å². The molecule has 1 aliphatic rings. The van der Waals surface area contributed by atoms with Gasteiger partial charge in [0.2, 0.25) is 0 Å². The Hall–Kier alpha value is -2.13. The van der Waals surface area contributed by atoms with E-state index in [-0.39, 0.29) is 12.5 Å². The van der Waals surface area contributed by atoms with Gasteiger partial charge in [0.15, 0.2) is 0 Å². The molecule has 1 N–H and O–H groups in total. The molecule has 1 unspecified atom stereocenters. The molecule has 1 heterocycles. The van der Waals surface area contributed by atoms with Crippen LogP contribution in [-0.4, -0.2) is 28.5 Å². The molecule has 0 radical (unpaired) electrons. The lowest BCUT2D eigenvalue weighted by molar-refractivity contribution is 0.0747. The van der Waals surface area contributed by atoms with Gasteiger partial charge in [-0.15, -0.1) is 0 Å². The number of hydrogen-bond donors (Lipinski definition) is 1. The van der Waals surface area contributed by atoms with Gasteiger partial charge in [-0.3, -0.25) is 4.79 Å². The van der Waals surface area contributed by atoms with Gasteiger partial charge in [0.05, 0.1) is 6.61 Å². The molecule has 3 nitrogen and oxygen atoms in total. The van der Waals surface area contributed by atoms with E-state index in [2.05, 4.69) is 6.92 Å². The van der Waals surface area contributed by atoms with Crippen molar-refractivity contribution in [1.82, 2.24) is 4.90 Å². The molecule has 1 amide bonds. The van der Waals surface area contributed by atoms with Crippen molar-refractivity contribution < 1.29 is 9.90 Å². The van der Waals surface area contributed by atoms with Crippen LogP contribution in [0.5, 0.6) is 0 Å². The first-order valence-electron chi connectivity index (χ1n) is 7.80. The van der Waals surface area contributed by atoms with Gasteiger partial charge in [-0.05, 0) is 54.7 Å². The number of amides is 1. The molecule has 1 saturated heterocycles. The number of carbonyl (C=O) groups is 1. The molecule has 1 atom stereocenters. The number of rotatable bonds is 3. The predicted octanol–water partition coefficient (Wildman–Crippen LogP) is 3.47. The normalized spacial score (nSPS) is 17.7. The number of carbonyl (C=O) groups excluding carboxylic acids is 1. The van der Waals surface area contributed by atoms with Crippen LogP contribution in [0.1, 0.15) is 35.7 Å². The summed E-state index contributed by atoms with van der Waals surface area (Å²) in [6.45, 7) is 2.99. The summed E-state index contributed by atoms with van der Waals surface area (Å²) in [4.78, 5) is 14.6. The largest absolute Gasteiger partial charge is 0.392 e. The number of hydrogen-bond acceptors (Lipinski definition) is 2. The van der Waals surface area contributed by atoms with Crippen LogP contribution in [0.4, 0.5) is 0 Å². The third-order valence-electron chi connectivity index (χ3n) is 4.37. The predicted molar refractivity (Wildman–Crippen MR) is 87.5 cm³/mol. The molecular formula is C19H21NO2. The second-order valence-corrected chi connectivity index (χ2v) is 5.93. The highest BCUT2D eigenvalue weighted by Crippen LogP contribution is 2.24. The number of nitrogens with zero attached hydrogens (tertiary/aromatic N) is 1. The van der Waals surface area contributed by atoms with Crippen LogP contribution in [0.2, 0.25) is 0 Å². The van der Waals surface area contributed by atoms with E-state index in [0.717, 1.165) is 41.6 Å². The first kappa shape index (κ1) is 14.8. The quantitative estimate of drug-likeness (QED) is 0.942. The van der Waals surface area contributed by atoms with Gasteiger partial charge >= 0.3 is 0 Å². The van der Waals surface area contributed by atoms with Crippen molar-refractivity contribution >= 4 is 5.91 Å². The van der Waals surface area contributed by atoms with Crippen LogP contribution in [0.3, 0.4) is 0 Å². The lowest BCUT2D eigenvalue weighted by Gasteiger charge is -2.21. The van der Waals surface area contributed by atoms with E-state index in [1.54, 1.807) is 0 Å². The van der Waals surface area contributed by atoms with E-state index in [0.29, 0.717) is 6.04 Å². The van der Waals surface area contributed by atoms with Crippen molar-refractivity contribution in [3.05, 3.63) is 59.7 Å². The number of aliphatic hydroxyl groups excluding tert-OH is 1. The highest BCUT2D eigenvalue weighted by Gasteiger charge is 2.25. The SMILES string of the molecule is CC1CCCN1C(=O)c1cccc(-c2cccc(CO)c2)c1. The van der Waals surface area contributed by atoms with Crippen molar-refractivity contribution in [3.63, 3.8) is 0 Å². The summed E-state index contributed by atoms with van der Waals surface area (Å²) in [7, 11) is 0. The van der Waals surface area contributed by atoms with Crippen molar-refractivity contribution in [2.24, 2.45) is 0 Å². The zero-order valence-electron chi connectivity index (χ0n) is 12.8. The summed E-state index contributed by atoms with van der Waals surface area (Å²) in [5.74, 6) is 0.116. The Morgan fingerprint density at radius 1 is 1.18 bits per heavy atom. The molecule has 0 bridgehead atoms. The van der Waals surface area contributed by atoms with Gasteiger partial charge in [0.25, 0.3) is 5.91 Å². The summed E-state index contributed by atoms with van der Waals surface area (Å²) in [6, 6.07) is 15.9. The summed E-state index contributed by atoms with van der Waals surface area (Å²) < 4.78 is 0. The van der Waals surface area contributed by atoms with Crippen LogP contribution >= 0.6 is 0 Å². The Labute approximate surface area is 131 Å². The Morgan fingerprint density at radius 2 is 1.91 bits per heavy atom. The zero-order valence-corrected chi connectivity index (χ0v) is 12.8. The van der Waals surface area contributed by atoms with E-state index < -0.39 is 0 Å². The van der Waals surface area contributed by atoms with Crippen LogP contribution in [0.15, 0.2) is 48.5 Å². The highest BCUT2D eigenvalue weighted by atomic mass is 16.3. The average Bonchev–Trinajstić information content (AvgIpc) is 3.00. The van der Waals surface area contributed by atoms with Gasteiger partial charge in [0.1, 0.15) is 0 Å². The minimum atomic E-state index is 0.0255. The lowest BCUT2D eigenvalue weighted by Crippen LogP contribution is -2.33. The molecule has 3 heteroatoms. The summed E-state index contributed by atoms with van der Waals surface area (Å²) in [5, 5.41) is 9.26. The van der Waals surface area contributed by atoms with E-state index in [1.165, 1.54) is 0 Å².